The number of nitrogens with one attached hydrogen (secondary N) is 1. The topological polar surface area (TPSA) is 140 Å². The van der Waals surface area contributed by atoms with E-state index in [-0.39, 0.29) is 23.2 Å². The van der Waals surface area contributed by atoms with Gasteiger partial charge in [0.15, 0.2) is 0 Å². The summed E-state index contributed by atoms with van der Waals surface area (Å²) in [7, 11) is 1.58. The zero-order valence-electron chi connectivity index (χ0n) is 18.9. The molecule has 0 spiro atoms. The van der Waals surface area contributed by atoms with E-state index in [1.54, 1.807) is 31.4 Å². The summed E-state index contributed by atoms with van der Waals surface area (Å²) in [6.45, 7) is 3.00. The standard InChI is InChI=1S/C23H31N7O3/c1-33-17-7-5-16(6-8-17)27-20(31)18-15-26-22(28-19(18)24)29-13-9-23(10-14-29,21(25)32)30-11-3-2-4-12-30/h5-8,15H,2-4,9-14H2,1H3,(H2,25,32)(H,27,31)(H2,24,26,28). The number of aromatic nitrogens is 2. The second kappa shape index (κ2) is 9.62. The average molecular weight is 454 g/mol. The number of carbonyl (C=O) groups excluding carboxylic acids is 2. The summed E-state index contributed by atoms with van der Waals surface area (Å²) in [6.07, 6.45) is 6.06. The van der Waals surface area contributed by atoms with Crippen molar-refractivity contribution >= 4 is 29.3 Å². The highest BCUT2D eigenvalue weighted by atomic mass is 16.5. The smallest absolute Gasteiger partial charge is 0.260 e. The number of ether oxygens (including phenoxy) is 1. The number of rotatable bonds is 6. The summed E-state index contributed by atoms with van der Waals surface area (Å²) in [5.74, 6) is 0.608. The number of hydrogen-bond donors (Lipinski definition) is 3. The van der Waals surface area contributed by atoms with Crippen LogP contribution in [0.5, 0.6) is 5.75 Å². The number of hydrogen-bond acceptors (Lipinski definition) is 8. The highest BCUT2D eigenvalue weighted by Crippen LogP contribution is 2.33. The summed E-state index contributed by atoms with van der Waals surface area (Å²) < 4.78 is 5.12. The fourth-order valence-corrected chi connectivity index (χ4v) is 4.70. The molecule has 0 radical (unpaired) electrons. The zero-order valence-corrected chi connectivity index (χ0v) is 18.9. The molecule has 2 fully saturated rings. The molecule has 0 unspecified atom stereocenters. The molecule has 0 bridgehead atoms. The Labute approximate surface area is 193 Å². The van der Waals surface area contributed by atoms with Crippen molar-refractivity contribution in [2.24, 2.45) is 5.73 Å². The Morgan fingerprint density at radius 1 is 1.06 bits per heavy atom. The Bertz CT molecular complexity index is 998. The first-order chi connectivity index (χ1) is 15.9. The molecule has 2 saturated heterocycles. The van der Waals surface area contributed by atoms with Crippen molar-refractivity contribution in [3.05, 3.63) is 36.0 Å². The minimum Gasteiger partial charge on any atom is -0.497 e. The van der Waals surface area contributed by atoms with E-state index in [9.17, 15) is 9.59 Å². The number of piperidine rings is 2. The third-order valence-electron chi connectivity index (χ3n) is 6.69. The van der Waals surface area contributed by atoms with Crippen LogP contribution in [0.1, 0.15) is 42.5 Å². The zero-order chi connectivity index (χ0) is 23.4. The molecule has 3 heterocycles. The van der Waals surface area contributed by atoms with E-state index in [1.165, 1.54) is 12.6 Å². The van der Waals surface area contributed by atoms with Crippen LogP contribution in [-0.4, -0.2) is 65.5 Å². The number of nitrogens with two attached hydrogens (primary N) is 2. The van der Waals surface area contributed by atoms with Crippen LogP contribution in [0.2, 0.25) is 0 Å². The van der Waals surface area contributed by atoms with E-state index in [2.05, 4.69) is 20.2 Å². The molecular weight excluding hydrogens is 422 g/mol. The third-order valence-corrected chi connectivity index (χ3v) is 6.69. The number of nitrogen functional groups attached to an aromatic ring is 1. The summed E-state index contributed by atoms with van der Waals surface area (Å²) in [5, 5.41) is 2.78. The first-order valence-corrected chi connectivity index (χ1v) is 11.3. The van der Waals surface area contributed by atoms with Crippen molar-refractivity contribution < 1.29 is 14.3 Å². The highest BCUT2D eigenvalue weighted by molar-refractivity contribution is 6.07. The van der Waals surface area contributed by atoms with Crippen LogP contribution in [0.25, 0.3) is 0 Å². The van der Waals surface area contributed by atoms with Crippen molar-refractivity contribution in [2.75, 3.05) is 49.2 Å². The molecular formula is C23H31N7O3. The number of benzene rings is 1. The van der Waals surface area contributed by atoms with Gasteiger partial charge in [-0.25, -0.2) is 4.98 Å². The van der Waals surface area contributed by atoms with Gasteiger partial charge >= 0.3 is 0 Å². The van der Waals surface area contributed by atoms with E-state index in [4.69, 9.17) is 16.2 Å². The Morgan fingerprint density at radius 2 is 1.73 bits per heavy atom. The fraction of sp³-hybridized carbons (Fsp3) is 0.478. The average Bonchev–Trinajstić information content (AvgIpc) is 2.85. The van der Waals surface area contributed by atoms with E-state index < -0.39 is 5.54 Å². The van der Waals surface area contributed by atoms with Crippen molar-refractivity contribution in [1.29, 1.82) is 0 Å². The number of nitrogens with zero attached hydrogens (tertiary/aromatic N) is 4. The molecule has 10 nitrogen and oxygen atoms in total. The quantitative estimate of drug-likeness (QED) is 0.600. The summed E-state index contributed by atoms with van der Waals surface area (Å²) >= 11 is 0. The summed E-state index contributed by atoms with van der Waals surface area (Å²) in [6, 6.07) is 6.99. The molecule has 1 aromatic heterocycles. The van der Waals surface area contributed by atoms with Gasteiger partial charge in [-0.1, -0.05) is 6.42 Å². The minimum atomic E-state index is -0.610. The predicted octanol–water partition coefficient (Wildman–Crippen LogP) is 1.63. The lowest BCUT2D eigenvalue weighted by Crippen LogP contribution is -2.63. The molecule has 2 aliphatic heterocycles. The largest absolute Gasteiger partial charge is 0.497 e. The maximum absolute atomic E-state index is 12.6. The second-order valence-corrected chi connectivity index (χ2v) is 8.58. The van der Waals surface area contributed by atoms with Gasteiger partial charge in [0.1, 0.15) is 22.7 Å². The molecule has 176 valence electrons. The van der Waals surface area contributed by atoms with Gasteiger partial charge in [0.2, 0.25) is 11.9 Å². The predicted molar refractivity (Wildman–Crippen MR) is 126 cm³/mol. The van der Waals surface area contributed by atoms with E-state index in [0.717, 1.165) is 25.9 Å². The molecule has 0 atom stereocenters. The van der Waals surface area contributed by atoms with Crippen LogP contribution in [0.4, 0.5) is 17.5 Å². The number of amides is 2. The van der Waals surface area contributed by atoms with Crippen molar-refractivity contribution in [2.45, 2.75) is 37.6 Å². The summed E-state index contributed by atoms with van der Waals surface area (Å²) in [5.41, 5.74) is 12.2. The molecule has 5 N–H and O–H groups in total. The Hall–Kier alpha value is -3.40. The maximum atomic E-state index is 12.6. The highest BCUT2D eigenvalue weighted by Gasteiger charge is 2.45. The number of carbonyl (C=O) groups is 2. The van der Waals surface area contributed by atoms with E-state index >= 15 is 0 Å². The van der Waals surface area contributed by atoms with Crippen molar-refractivity contribution in [1.82, 2.24) is 14.9 Å². The lowest BCUT2D eigenvalue weighted by Gasteiger charge is -2.48. The second-order valence-electron chi connectivity index (χ2n) is 8.58. The first kappa shape index (κ1) is 22.8. The van der Waals surface area contributed by atoms with Gasteiger partial charge in [-0.15, -0.1) is 0 Å². The summed E-state index contributed by atoms with van der Waals surface area (Å²) in [4.78, 5) is 38.1. The number of likely N-dealkylation sites (tertiary alicyclic amines) is 1. The van der Waals surface area contributed by atoms with Gasteiger partial charge in [-0.2, -0.15) is 4.98 Å². The molecule has 2 amide bonds. The van der Waals surface area contributed by atoms with Crippen LogP contribution < -0.4 is 26.4 Å². The van der Waals surface area contributed by atoms with Crippen LogP contribution in [0.3, 0.4) is 0 Å². The van der Waals surface area contributed by atoms with Gasteiger partial charge in [0.05, 0.1) is 7.11 Å². The first-order valence-electron chi connectivity index (χ1n) is 11.3. The molecule has 2 aliphatic rings. The fourth-order valence-electron chi connectivity index (χ4n) is 4.70. The molecule has 0 saturated carbocycles. The third kappa shape index (κ3) is 4.70. The Morgan fingerprint density at radius 3 is 2.30 bits per heavy atom. The molecule has 10 heteroatoms. The number of primary amides is 1. The number of methoxy groups -OCH3 is 1. The van der Waals surface area contributed by atoms with Crippen LogP contribution in [-0.2, 0) is 4.79 Å². The van der Waals surface area contributed by atoms with Gasteiger partial charge in [-0.05, 0) is 63.0 Å². The molecule has 33 heavy (non-hydrogen) atoms. The SMILES string of the molecule is COc1ccc(NC(=O)c2cnc(N3CCC(C(N)=O)(N4CCCCC4)CC3)nc2N)cc1. The normalized spacial score (nSPS) is 18.5. The molecule has 4 rings (SSSR count). The number of anilines is 3. The molecule has 1 aromatic carbocycles. The van der Waals surface area contributed by atoms with E-state index in [0.29, 0.717) is 43.3 Å². The minimum absolute atomic E-state index is 0.105. The van der Waals surface area contributed by atoms with Crippen molar-refractivity contribution in [3.8, 4) is 5.75 Å². The van der Waals surface area contributed by atoms with Crippen LogP contribution in [0, 0.1) is 0 Å². The van der Waals surface area contributed by atoms with Crippen LogP contribution in [0.15, 0.2) is 30.5 Å². The molecule has 2 aromatic rings. The Kier molecular flexibility index (Phi) is 6.64. The van der Waals surface area contributed by atoms with Crippen molar-refractivity contribution in [3.63, 3.8) is 0 Å². The monoisotopic (exact) mass is 453 g/mol. The van der Waals surface area contributed by atoms with Gasteiger partial charge in [0.25, 0.3) is 5.91 Å². The lowest BCUT2D eigenvalue weighted by molar-refractivity contribution is -0.132. The Balaban J connectivity index is 1.42. The molecule has 0 aliphatic carbocycles. The lowest BCUT2D eigenvalue weighted by atomic mass is 9.83. The van der Waals surface area contributed by atoms with Crippen LogP contribution >= 0.6 is 0 Å². The van der Waals surface area contributed by atoms with Gasteiger partial charge in [-0.3, -0.25) is 14.5 Å². The van der Waals surface area contributed by atoms with E-state index in [1.807, 2.05) is 4.90 Å². The maximum Gasteiger partial charge on any atom is 0.260 e. The van der Waals surface area contributed by atoms with Gasteiger partial charge in [0, 0.05) is 25.0 Å². The van der Waals surface area contributed by atoms with Gasteiger partial charge < -0.3 is 26.4 Å².